The lowest BCUT2D eigenvalue weighted by molar-refractivity contribution is 0.373. The molecule has 3 rings (SSSR count). The Kier molecular flexibility index (Phi) is 4.12. The van der Waals surface area contributed by atoms with Gasteiger partial charge in [0.15, 0.2) is 11.5 Å². The minimum atomic E-state index is 0.101. The molecule has 0 saturated carbocycles. The van der Waals surface area contributed by atoms with E-state index in [1.54, 1.807) is 35.8 Å². The maximum Gasteiger partial charge on any atom is 0.161 e. The molecule has 0 atom stereocenters. The van der Waals surface area contributed by atoms with Gasteiger partial charge in [-0.15, -0.1) is 11.3 Å². The second-order valence-corrected chi connectivity index (χ2v) is 6.28. The quantitative estimate of drug-likeness (QED) is 0.872. The highest BCUT2D eigenvalue weighted by Gasteiger charge is 2.20. The molecule has 1 aromatic carbocycles. The van der Waals surface area contributed by atoms with Crippen LogP contribution in [0.15, 0.2) is 23.2 Å². The van der Waals surface area contributed by atoms with Crippen molar-refractivity contribution in [2.75, 3.05) is 7.11 Å². The molecular formula is C17H16N2O2S. The molecule has 1 aliphatic rings. The van der Waals surface area contributed by atoms with Gasteiger partial charge in [0.25, 0.3) is 0 Å². The molecule has 0 saturated heterocycles. The highest BCUT2D eigenvalue weighted by atomic mass is 32.1. The molecule has 0 amide bonds. The fraction of sp³-hybridized carbons (Fsp3) is 0.294. The summed E-state index contributed by atoms with van der Waals surface area (Å²) in [5, 5.41) is 19.8. The third kappa shape index (κ3) is 2.70. The van der Waals surface area contributed by atoms with Crippen molar-refractivity contribution < 1.29 is 9.84 Å². The molecule has 1 N–H and O–H groups in total. The van der Waals surface area contributed by atoms with Crippen molar-refractivity contribution in [2.45, 2.75) is 25.7 Å². The molecule has 0 fully saturated rings. The molecule has 0 unspecified atom stereocenters. The van der Waals surface area contributed by atoms with Gasteiger partial charge in [-0.25, -0.2) is 4.99 Å². The Labute approximate surface area is 133 Å². The van der Waals surface area contributed by atoms with Crippen LogP contribution in [-0.2, 0) is 12.8 Å². The number of thiophene rings is 1. The van der Waals surface area contributed by atoms with Gasteiger partial charge >= 0.3 is 0 Å². The maximum absolute atomic E-state index is 9.60. The van der Waals surface area contributed by atoms with E-state index in [0.29, 0.717) is 5.75 Å². The minimum Gasteiger partial charge on any atom is -0.504 e. The van der Waals surface area contributed by atoms with Gasteiger partial charge < -0.3 is 9.84 Å². The van der Waals surface area contributed by atoms with E-state index in [1.165, 1.54) is 24.0 Å². The summed E-state index contributed by atoms with van der Waals surface area (Å²) in [5.74, 6) is 0.513. The lowest BCUT2D eigenvalue weighted by Crippen LogP contribution is -1.99. The van der Waals surface area contributed by atoms with Crippen molar-refractivity contribution in [1.82, 2.24) is 0 Å². The summed E-state index contributed by atoms with van der Waals surface area (Å²) >= 11 is 1.62. The van der Waals surface area contributed by atoms with E-state index >= 15 is 0 Å². The van der Waals surface area contributed by atoms with Crippen LogP contribution in [0.1, 0.15) is 34.4 Å². The van der Waals surface area contributed by atoms with E-state index in [-0.39, 0.29) is 5.75 Å². The predicted molar refractivity (Wildman–Crippen MR) is 87.6 cm³/mol. The fourth-order valence-corrected chi connectivity index (χ4v) is 3.85. The van der Waals surface area contributed by atoms with Crippen LogP contribution in [0.2, 0.25) is 0 Å². The van der Waals surface area contributed by atoms with Gasteiger partial charge in [-0.05, 0) is 55.0 Å². The summed E-state index contributed by atoms with van der Waals surface area (Å²) in [7, 11) is 1.51. The van der Waals surface area contributed by atoms with Crippen LogP contribution in [0.4, 0.5) is 5.00 Å². The number of nitriles is 1. The normalized spacial score (nSPS) is 13.8. The molecule has 4 nitrogen and oxygen atoms in total. The molecule has 112 valence electrons. The number of benzene rings is 1. The fourth-order valence-electron chi connectivity index (χ4n) is 2.67. The number of hydrogen-bond acceptors (Lipinski definition) is 5. The summed E-state index contributed by atoms with van der Waals surface area (Å²) < 4.78 is 5.09. The average molecular weight is 312 g/mol. The first-order chi connectivity index (χ1) is 10.7. The number of fused-ring (bicyclic) bond motifs is 1. The van der Waals surface area contributed by atoms with E-state index in [0.717, 1.165) is 35.4 Å². The van der Waals surface area contributed by atoms with Gasteiger partial charge in [-0.2, -0.15) is 5.26 Å². The molecule has 2 aromatic rings. The second-order valence-electron chi connectivity index (χ2n) is 5.19. The number of hydrogen-bond donors (Lipinski definition) is 1. The minimum absolute atomic E-state index is 0.101. The van der Waals surface area contributed by atoms with E-state index in [9.17, 15) is 10.4 Å². The number of phenols is 1. The first kappa shape index (κ1) is 14.6. The molecule has 1 heterocycles. The Morgan fingerprint density at radius 2 is 2.18 bits per heavy atom. The molecule has 0 bridgehead atoms. The van der Waals surface area contributed by atoms with Gasteiger partial charge in [-0.3, -0.25) is 0 Å². The standard InChI is InChI=1S/C17H16N2O2S/c1-21-15-8-11(6-7-14(15)20)10-19-17-13(9-18)12-4-2-3-5-16(12)22-17/h6-8,10,20H,2-5H2,1H3/b19-10+. The van der Waals surface area contributed by atoms with Crippen LogP contribution in [0.3, 0.4) is 0 Å². The van der Waals surface area contributed by atoms with Gasteiger partial charge in [0.1, 0.15) is 11.1 Å². The molecule has 0 radical (unpaired) electrons. The van der Waals surface area contributed by atoms with Crippen LogP contribution < -0.4 is 4.74 Å². The van der Waals surface area contributed by atoms with Crippen molar-refractivity contribution in [3.63, 3.8) is 0 Å². The first-order valence-corrected chi connectivity index (χ1v) is 8.00. The maximum atomic E-state index is 9.60. The summed E-state index contributed by atoms with van der Waals surface area (Å²) in [5.41, 5.74) is 2.74. The number of nitrogens with zero attached hydrogens (tertiary/aromatic N) is 2. The summed E-state index contributed by atoms with van der Waals surface area (Å²) in [6.07, 6.45) is 6.09. The van der Waals surface area contributed by atoms with Crippen molar-refractivity contribution in [3.05, 3.63) is 39.8 Å². The topological polar surface area (TPSA) is 65.6 Å². The van der Waals surface area contributed by atoms with Crippen molar-refractivity contribution in [1.29, 1.82) is 5.26 Å². The average Bonchev–Trinajstić information content (AvgIpc) is 2.91. The van der Waals surface area contributed by atoms with E-state index < -0.39 is 0 Å². The Morgan fingerprint density at radius 1 is 1.36 bits per heavy atom. The SMILES string of the molecule is COc1cc(/C=N/c2sc3c(c2C#N)CCCC3)ccc1O. The number of aryl methyl sites for hydroxylation is 1. The summed E-state index contributed by atoms with van der Waals surface area (Å²) in [6, 6.07) is 7.36. The zero-order chi connectivity index (χ0) is 15.5. The summed E-state index contributed by atoms with van der Waals surface area (Å²) in [6.45, 7) is 0. The van der Waals surface area contributed by atoms with E-state index in [1.807, 2.05) is 0 Å². The molecule has 22 heavy (non-hydrogen) atoms. The number of aromatic hydroxyl groups is 1. The van der Waals surface area contributed by atoms with Crippen molar-refractivity contribution in [3.8, 4) is 17.6 Å². The third-order valence-corrected chi connectivity index (χ3v) is 5.00. The molecule has 0 aliphatic heterocycles. The predicted octanol–water partition coefficient (Wildman–Crippen LogP) is 3.96. The Balaban J connectivity index is 1.93. The smallest absolute Gasteiger partial charge is 0.161 e. The monoisotopic (exact) mass is 312 g/mol. The molecule has 1 aliphatic carbocycles. The second kappa shape index (κ2) is 6.20. The number of methoxy groups -OCH3 is 1. The molecule has 1 aromatic heterocycles. The van der Waals surface area contributed by atoms with Crippen LogP contribution in [0, 0.1) is 11.3 Å². The molecule has 5 heteroatoms. The zero-order valence-corrected chi connectivity index (χ0v) is 13.1. The number of ether oxygens (including phenoxy) is 1. The lowest BCUT2D eigenvalue weighted by Gasteiger charge is -2.09. The van der Waals surface area contributed by atoms with Gasteiger partial charge in [0, 0.05) is 11.1 Å². The number of phenolic OH excluding ortho intramolecular Hbond substituents is 1. The van der Waals surface area contributed by atoms with Crippen molar-refractivity contribution >= 4 is 22.6 Å². The van der Waals surface area contributed by atoms with Crippen LogP contribution >= 0.6 is 11.3 Å². The van der Waals surface area contributed by atoms with Crippen LogP contribution in [0.5, 0.6) is 11.5 Å². The van der Waals surface area contributed by atoms with Crippen LogP contribution in [0.25, 0.3) is 0 Å². The Hall–Kier alpha value is -2.32. The number of aliphatic imine (C=N–C) groups is 1. The van der Waals surface area contributed by atoms with Crippen LogP contribution in [-0.4, -0.2) is 18.4 Å². The van der Waals surface area contributed by atoms with Crippen molar-refractivity contribution in [2.24, 2.45) is 4.99 Å². The highest BCUT2D eigenvalue weighted by Crippen LogP contribution is 2.39. The van der Waals surface area contributed by atoms with Gasteiger partial charge in [-0.1, -0.05) is 0 Å². The molecule has 0 spiro atoms. The Morgan fingerprint density at radius 3 is 2.95 bits per heavy atom. The first-order valence-electron chi connectivity index (χ1n) is 7.18. The lowest BCUT2D eigenvalue weighted by atomic mass is 9.96. The largest absolute Gasteiger partial charge is 0.504 e. The van der Waals surface area contributed by atoms with Gasteiger partial charge in [0.05, 0.1) is 12.7 Å². The Bertz CT molecular complexity index is 772. The zero-order valence-electron chi connectivity index (χ0n) is 12.3. The highest BCUT2D eigenvalue weighted by molar-refractivity contribution is 7.16. The van der Waals surface area contributed by atoms with E-state index in [2.05, 4.69) is 11.1 Å². The van der Waals surface area contributed by atoms with E-state index in [4.69, 9.17) is 4.74 Å². The van der Waals surface area contributed by atoms with Gasteiger partial charge in [0.2, 0.25) is 0 Å². The summed E-state index contributed by atoms with van der Waals surface area (Å²) in [4.78, 5) is 5.80. The number of rotatable bonds is 3. The molecular weight excluding hydrogens is 296 g/mol. The third-order valence-electron chi connectivity index (χ3n) is 3.80.